The molecule has 0 aliphatic carbocycles. The first kappa shape index (κ1) is 23.6. The van der Waals surface area contributed by atoms with Gasteiger partial charge in [-0.05, 0) is 49.3 Å². The molecule has 0 bridgehead atoms. The number of likely N-dealkylation sites (N-methyl/N-ethyl adjacent to an activating group) is 1. The second-order valence-corrected chi connectivity index (χ2v) is 6.53. The lowest BCUT2D eigenvalue weighted by atomic mass is 10.1. The van der Waals surface area contributed by atoms with Crippen molar-refractivity contribution in [3.05, 3.63) is 22.4 Å². The average molecular weight is 468 g/mol. The minimum atomic E-state index is 0. The van der Waals surface area contributed by atoms with Gasteiger partial charge >= 0.3 is 0 Å². The second kappa shape index (κ2) is 14.9. The molecule has 0 spiro atoms. The lowest BCUT2D eigenvalue weighted by Crippen LogP contribution is -2.39. The Labute approximate surface area is 168 Å². The SMILES string of the molecule is CCNC(=NCC(C)c1ccsc1)NCCCN(C)CCOC.I. The number of rotatable bonds is 11. The number of ether oxygens (including phenoxy) is 1. The molecule has 2 N–H and O–H groups in total. The molecule has 1 heterocycles. The first-order valence-corrected chi connectivity index (χ1v) is 9.33. The van der Waals surface area contributed by atoms with E-state index in [1.165, 1.54) is 5.56 Å². The predicted octanol–water partition coefficient (Wildman–Crippen LogP) is 2.99. The quantitative estimate of drug-likeness (QED) is 0.227. The Balaban J connectivity index is 0.00000529. The van der Waals surface area contributed by atoms with Crippen molar-refractivity contribution in [2.45, 2.75) is 26.2 Å². The Morgan fingerprint density at radius 2 is 2.17 bits per heavy atom. The van der Waals surface area contributed by atoms with Gasteiger partial charge in [0.05, 0.1) is 6.61 Å². The van der Waals surface area contributed by atoms with Gasteiger partial charge in [0.25, 0.3) is 0 Å². The van der Waals surface area contributed by atoms with E-state index < -0.39 is 0 Å². The minimum absolute atomic E-state index is 0. The average Bonchev–Trinajstić information content (AvgIpc) is 3.08. The maximum Gasteiger partial charge on any atom is 0.191 e. The smallest absolute Gasteiger partial charge is 0.191 e. The molecule has 24 heavy (non-hydrogen) atoms. The predicted molar refractivity (Wildman–Crippen MR) is 116 cm³/mol. The molecule has 0 amide bonds. The number of guanidine groups is 1. The molecule has 0 fully saturated rings. The molecule has 1 atom stereocenters. The highest BCUT2D eigenvalue weighted by Gasteiger charge is 2.06. The third kappa shape index (κ3) is 10.5. The molecule has 0 radical (unpaired) electrons. The number of nitrogens with one attached hydrogen (secondary N) is 2. The van der Waals surface area contributed by atoms with Crippen molar-refractivity contribution in [1.82, 2.24) is 15.5 Å². The van der Waals surface area contributed by atoms with Crippen molar-refractivity contribution in [3.8, 4) is 0 Å². The maximum atomic E-state index is 5.09. The van der Waals surface area contributed by atoms with Gasteiger partial charge in [-0.1, -0.05) is 6.92 Å². The van der Waals surface area contributed by atoms with E-state index in [0.29, 0.717) is 5.92 Å². The van der Waals surface area contributed by atoms with E-state index in [9.17, 15) is 0 Å². The van der Waals surface area contributed by atoms with Gasteiger partial charge in [-0.3, -0.25) is 4.99 Å². The molecule has 0 aliphatic rings. The summed E-state index contributed by atoms with van der Waals surface area (Å²) < 4.78 is 5.09. The largest absolute Gasteiger partial charge is 0.383 e. The Morgan fingerprint density at radius 1 is 1.38 bits per heavy atom. The Morgan fingerprint density at radius 3 is 2.79 bits per heavy atom. The lowest BCUT2D eigenvalue weighted by Gasteiger charge is -2.17. The molecule has 1 unspecified atom stereocenters. The van der Waals surface area contributed by atoms with Crippen LogP contribution < -0.4 is 10.6 Å². The molecular weight excluding hydrogens is 435 g/mol. The number of hydrogen-bond acceptors (Lipinski definition) is 4. The molecule has 140 valence electrons. The zero-order chi connectivity index (χ0) is 16.9. The van der Waals surface area contributed by atoms with Crippen LogP contribution in [0.5, 0.6) is 0 Å². The van der Waals surface area contributed by atoms with Crippen molar-refractivity contribution in [2.75, 3.05) is 53.5 Å². The molecule has 0 saturated carbocycles. The summed E-state index contributed by atoms with van der Waals surface area (Å²) in [5, 5.41) is 11.1. The van der Waals surface area contributed by atoms with Crippen LogP contribution in [0.15, 0.2) is 21.8 Å². The second-order valence-electron chi connectivity index (χ2n) is 5.75. The standard InChI is InChI=1S/C17H32N4OS.HI/c1-5-18-17(19-8-6-9-21(3)10-11-22-4)20-13-15(2)16-7-12-23-14-16;/h7,12,14-15H,5-6,8-11,13H2,1-4H3,(H2,18,19,20);1H. The third-order valence-corrected chi connectivity index (χ3v) is 4.37. The monoisotopic (exact) mass is 468 g/mol. The zero-order valence-corrected chi connectivity index (χ0v) is 18.5. The number of nitrogens with zero attached hydrogens (tertiary/aromatic N) is 2. The fourth-order valence-electron chi connectivity index (χ4n) is 2.15. The molecule has 7 heteroatoms. The number of methoxy groups -OCH3 is 1. The summed E-state index contributed by atoms with van der Waals surface area (Å²) in [5.41, 5.74) is 1.37. The fraction of sp³-hybridized carbons (Fsp3) is 0.706. The van der Waals surface area contributed by atoms with Crippen LogP contribution in [0.2, 0.25) is 0 Å². The summed E-state index contributed by atoms with van der Waals surface area (Å²) in [5.74, 6) is 1.37. The number of thiophene rings is 1. The van der Waals surface area contributed by atoms with Crippen molar-refractivity contribution in [2.24, 2.45) is 4.99 Å². The van der Waals surface area contributed by atoms with Gasteiger partial charge in [0.2, 0.25) is 0 Å². The van der Waals surface area contributed by atoms with E-state index in [1.807, 2.05) is 0 Å². The normalized spacial score (nSPS) is 12.8. The van der Waals surface area contributed by atoms with E-state index in [-0.39, 0.29) is 24.0 Å². The van der Waals surface area contributed by atoms with Crippen molar-refractivity contribution >= 4 is 41.3 Å². The Kier molecular flexibility index (Phi) is 14.7. The molecule has 1 aromatic rings. The topological polar surface area (TPSA) is 48.9 Å². The number of aliphatic imine (C=N–C) groups is 1. The first-order chi connectivity index (χ1) is 11.2. The van der Waals surface area contributed by atoms with Crippen LogP contribution in [0.25, 0.3) is 0 Å². The molecule has 0 saturated heterocycles. The zero-order valence-electron chi connectivity index (χ0n) is 15.4. The van der Waals surface area contributed by atoms with Gasteiger partial charge in [0, 0.05) is 39.2 Å². The molecule has 1 rings (SSSR count). The van der Waals surface area contributed by atoms with Crippen LogP contribution in [-0.2, 0) is 4.74 Å². The first-order valence-electron chi connectivity index (χ1n) is 8.39. The highest BCUT2D eigenvalue weighted by Crippen LogP contribution is 2.18. The summed E-state index contributed by atoms with van der Waals surface area (Å²) >= 11 is 1.74. The van der Waals surface area contributed by atoms with Gasteiger partial charge in [-0.15, -0.1) is 24.0 Å². The van der Waals surface area contributed by atoms with E-state index in [1.54, 1.807) is 18.4 Å². The Bertz CT molecular complexity index is 428. The summed E-state index contributed by atoms with van der Waals surface area (Å²) in [7, 11) is 3.87. The van der Waals surface area contributed by atoms with E-state index in [0.717, 1.165) is 51.7 Å². The summed E-state index contributed by atoms with van der Waals surface area (Å²) in [6.07, 6.45) is 1.09. The highest BCUT2D eigenvalue weighted by molar-refractivity contribution is 14.0. The van der Waals surface area contributed by atoms with Gasteiger partial charge in [0.1, 0.15) is 0 Å². The molecule has 0 aromatic carbocycles. The number of hydrogen-bond donors (Lipinski definition) is 2. The van der Waals surface area contributed by atoms with Crippen molar-refractivity contribution < 1.29 is 4.74 Å². The molecule has 5 nitrogen and oxygen atoms in total. The van der Waals surface area contributed by atoms with Crippen LogP contribution in [0, 0.1) is 0 Å². The van der Waals surface area contributed by atoms with Gasteiger partial charge in [0.15, 0.2) is 5.96 Å². The number of halogens is 1. The van der Waals surface area contributed by atoms with Crippen LogP contribution in [-0.4, -0.2) is 64.3 Å². The van der Waals surface area contributed by atoms with Crippen molar-refractivity contribution in [3.63, 3.8) is 0 Å². The molecule has 1 aromatic heterocycles. The summed E-state index contributed by atoms with van der Waals surface area (Å²) in [6.45, 7) is 9.75. The van der Waals surface area contributed by atoms with Gasteiger partial charge in [-0.25, -0.2) is 0 Å². The highest BCUT2D eigenvalue weighted by atomic mass is 127. The van der Waals surface area contributed by atoms with E-state index in [4.69, 9.17) is 9.73 Å². The van der Waals surface area contributed by atoms with E-state index in [2.05, 4.69) is 53.3 Å². The van der Waals surface area contributed by atoms with Gasteiger partial charge in [-0.2, -0.15) is 11.3 Å². The molecular formula is C17H33IN4OS. The van der Waals surface area contributed by atoms with Crippen molar-refractivity contribution in [1.29, 1.82) is 0 Å². The summed E-state index contributed by atoms with van der Waals surface area (Å²) in [4.78, 5) is 6.99. The van der Waals surface area contributed by atoms with Crippen LogP contribution >= 0.6 is 35.3 Å². The Hall–Kier alpha value is -0.380. The maximum absolute atomic E-state index is 5.09. The van der Waals surface area contributed by atoms with E-state index >= 15 is 0 Å². The fourth-order valence-corrected chi connectivity index (χ4v) is 2.93. The molecule has 0 aliphatic heterocycles. The third-order valence-electron chi connectivity index (χ3n) is 3.67. The minimum Gasteiger partial charge on any atom is -0.383 e. The summed E-state index contributed by atoms with van der Waals surface area (Å²) in [6, 6.07) is 2.18. The van der Waals surface area contributed by atoms with Crippen LogP contribution in [0.3, 0.4) is 0 Å². The van der Waals surface area contributed by atoms with Crippen LogP contribution in [0.1, 0.15) is 31.7 Å². The lowest BCUT2D eigenvalue weighted by molar-refractivity contribution is 0.161. The van der Waals surface area contributed by atoms with Crippen LogP contribution in [0.4, 0.5) is 0 Å². The van der Waals surface area contributed by atoms with Gasteiger partial charge < -0.3 is 20.3 Å².